The van der Waals surface area contributed by atoms with Gasteiger partial charge in [-0.3, -0.25) is 4.79 Å². The van der Waals surface area contributed by atoms with Crippen molar-refractivity contribution in [3.05, 3.63) is 77.0 Å². The standard InChI is InChI=1S/C21H22N2O2/c1-23(2)11-12-25-21-13-16-7-3-4-8-17(16)20(14-22-15-24)18-9-5-6-10-19(18)21/h3-10,13-15H,11-12H2,1-2H3,(H,22,24)/b20-14-. The van der Waals surface area contributed by atoms with Crippen molar-refractivity contribution in [2.45, 2.75) is 0 Å². The minimum atomic E-state index is 0.612. The second kappa shape index (κ2) is 7.81. The molecule has 128 valence electrons. The predicted octanol–water partition coefficient (Wildman–Crippen LogP) is 3.21. The van der Waals surface area contributed by atoms with E-state index in [-0.39, 0.29) is 0 Å². The van der Waals surface area contributed by atoms with Crippen LogP contribution in [-0.2, 0) is 9.53 Å². The highest BCUT2D eigenvalue weighted by atomic mass is 16.5. The van der Waals surface area contributed by atoms with Gasteiger partial charge in [-0.15, -0.1) is 0 Å². The second-order valence-electron chi connectivity index (χ2n) is 6.14. The lowest BCUT2D eigenvalue weighted by Gasteiger charge is -2.15. The number of benzene rings is 2. The molecule has 0 aromatic heterocycles. The van der Waals surface area contributed by atoms with E-state index in [0.29, 0.717) is 13.0 Å². The molecule has 2 aromatic rings. The van der Waals surface area contributed by atoms with Crippen LogP contribution in [0, 0.1) is 0 Å². The third-order valence-electron chi connectivity index (χ3n) is 4.11. The quantitative estimate of drug-likeness (QED) is 0.825. The van der Waals surface area contributed by atoms with E-state index in [0.717, 1.165) is 40.1 Å². The van der Waals surface area contributed by atoms with Crippen LogP contribution in [0.3, 0.4) is 0 Å². The zero-order valence-electron chi connectivity index (χ0n) is 14.5. The molecule has 4 heteroatoms. The summed E-state index contributed by atoms with van der Waals surface area (Å²) in [7, 11) is 4.06. The number of carbonyl (C=O) groups is 1. The molecule has 0 aliphatic heterocycles. The van der Waals surface area contributed by atoms with Crippen LogP contribution in [-0.4, -0.2) is 38.6 Å². The van der Waals surface area contributed by atoms with Crippen LogP contribution in [0.4, 0.5) is 0 Å². The molecule has 0 saturated carbocycles. The van der Waals surface area contributed by atoms with Crippen LogP contribution in [0.5, 0.6) is 0 Å². The van der Waals surface area contributed by atoms with Gasteiger partial charge < -0.3 is 15.0 Å². The normalized spacial score (nSPS) is 14.4. The Hall–Kier alpha value is -2.85. The lowest BCUT2D eigenvalue weighted by molar-refractivity contribution is -0.108. The second-order valence-corrected chi connectivity index (χ2v) is 6.14. The molecule has 0 radical (unpaired) electrons. The average Bonchev–Trinajstić information content (AvgIpc) is 2.75. The lowest BCUT2D eigenvalue weighted by atomic mass is 9.94. The van der Waals surface area contributed by atoms with Gasteiger partial charge in [-0.1, -0.05) is 48.5 Å². The van der Waals surface area contributed by atoms with Crippen LogP contribution in [0.2, 0.25) is 0 Å². The highest BCUT2D eigenvalue weighted by Gasteiger charge is 2.20. The van der Waals surface area contributed by atoms with E-state index >= 15 is 0 Å². The van der Waals surface area contributed by atoms with Gasteiger partial charge >= 0.3 is 0 Å². The predicted molar refractivity (Wildman–Crippen MR) is 102 cm³/mol. The number of hydrogen-bond donors (Lipinski definition) is 1. The maximum Gasteiger partial charge on any atom is 0.211 e. The largest absolute Gasteiger partial charge is 0.492 e. The fraction of sp³-hybridized carbons (Fsp3) is 0.190. The first-order valence-corrected chi connectivity index (χ1v) is 8.29. The topological polar surface area (TPSA) is 41.6 Å². The Morgan fingerprint density at radius 2 is 1.68 bits per heavy atom. The zero-order valence-corrected chi connectivity index (χ0v) is 14.5. The Labute approximate surface area is 148 Å². The van der Waals surface area contributed by atoms with Crippen molar-refractivity contribution < 1.29 is 9.53 Å². The summed E-state index contributed by atoms with van der Waals surface area (Å²) in [6.45, 7) is 1.46. The fourth-order valence-electron chi connectivity index (χ4n) is 2.90. The van der Waals surface area contributed by atoms with Crippen molar-refractivity contribution in [2.75, 3.05) is 27.2 Å². The van der Waals surface area contributed by atoms with E-state index in [4.69, 9.17) is 4.74 Å². The zero-order chi connectivity index (χ0) is 17.6. The maximum atomic E-state index is 10.8. The first kappa shape index (κ1) is 17.0. The number of carbonyl (C=O) groups excluding carboxylic acids is 1. The Kier molecular flexibility index (Phi) is 5.31. The minimum Gasteiger partial charge on any atom is -0.492 e. The smallest absolute Gasteiger partial charge is 0.211 e. The third-order valence-corrected chi connectivity index (χ3v) is 4.11. The number of amides is 1. The molecule has 1 aliphatic carbocycles. The van der Waals surface area contributed by atoms with Gasteiger partial charge in [-0.25, -0.2) is 0 Å². The van der Waals surface area contributed by atoms with Gasteiger partial charge in [0.25, 0.3) is 0 Å². The number of nitrogens with one attached hydrogen (secondary N) is 1. The van der Waals surface area contributed by atoms with Crippen molar-refractivity contribution in [3.63, 3.8) is 0 Å². The Balaban J connectivity index is 2.11. The summed E-state index contributed by atoms with van der Waals surface area (Å²) in [6, 6.07) is 16.2. The van der Waals surface area contributed by atoms with E-state index < -0.39 is 0 Å². The summed E-state index contributed by atoms with van der Waals surface area (Å²) in [5, 5.41) is 2.69. The maximum absolute atomic E-state index is 10.8. The van der Waals surface area contributed by atoms with Crippen LogP contribution in [0.15, 0.2) is 54.7 Å². The molecule has 1 amide bonds. The number of fused-ring (bicyclic) bond motifs is 2. The minimum absolute atomic E-state index is 0.612. The summed E-state index contributed by atoms with van der Waals surface area (Å²) in [6.07, 6.45) is 4.51. The molecular weight excluding hydrogens is 312 g/mol. The molecule has 0 atom stereocenters. The molecule has 25 heavy (non-hydrogen) atoms. The van der Waals surface area contributed by atoms with E-state index in [1.807, 2.05) is 38.4 Å². The van der Waals surface area contributed by atoms with E-state index in [1.165, 1.54) is 0 Å². The van der Waals surface area contributed by atoms with Gasteiger partial charge in [0.1, 0.15) is 12.4 Å². The Morgan fingerprint density at radius 3 is 2.40 bits per heavy atom. The van der Waals surface area contributed by atoms with E-state index in [2.05, 4.69) is 40.6 Å². The Morgan fingerprint density at radius 1 is 1.00 bits per heavy atom. The number of likely N-dealkylation sites (N-methyl/N-ethyl adjacent to an activating group) is 1. The van der Waals surface area contributed by atoms with Crippen LogP contribution in [0.25, 0.3) is 17.4 Å². The molecule has 0 heterocycles. The molecule has 0 fully saturated rings. The summed E-state index contributed by atoms with van der Waals surface area (Å²) in [4.78, 5) is 12.9. The van der Waals surface area contributed by atoms with E-state index in [9.17, 15) is 4.79 Å². The molecule has 0 bridgehead atoms. The molecular formula is C21H22N2O2. The molecule has 3 rings (SSSR count). The number of nitrogens with zero attached hydrogens (tertiary/aromatic N) is 1. The summed E-state index contributed by atoms with van der Waals surface area (Å²) in [5.41, 5.74) is 5.17. The van der Waals surface area contributed by atoms with Crippen LogP contribution in [0.1, 0.15) is 22.3 Å². The van der Waals surface area contributed by atoms with Crippen molar-refractivity contribution >= 4 is 23.8 Å². The van der Waals surface area contributed by atoms with Gasteiger partial charge in [-0.2, -0.15) is 0 Å². The SMILES string of the molecule is CN(C)CCOC1=Cc2ccccc2/C(=C/NC=O)c2ccccc21. The first-order valence-electron chi connectivity index (χ1n) is 8.29. The summed E-state index contributed by atoms with van der Waals surface area (Å²) < 4.78 is 6.11. The molecule has 1 aliphatic rings. The summed E-state index contributed by atoms with van der Waals surface area (Å²) in [5.74, 6) is 0.847. The number of rotatable bonds is 6. The molecule has 0 saturated heterocycles. The number of ether oxygens (including phenoxy) is 1. The highest BCUT2D eigenvalue weighted by molar-refractivity contribution is 5.96. The monoisotopic (exact) mass is 334 g/mol. The molecule has 1 N–H and O–H groups in total. The van der Waals surface area contributed by atoms with Crippen LogP contribution < -0.4 is 5.32 Å². The lowest BCUT2D eigenvalue weighted by Crippen LogP contribution is -2.17. The third kappa shape index (κ3) is 3.80. The first-order chi connectivity index (χ1) is 12.2. The molecule has 0 unspecified atom stereocenters. The highest BCUT2D eigenvalue weighted by Crippen LogP contribution is 2.37. The average molecular weight is 334 g/mol. The van der Waals surface area contributed by atoms with Crippen molar-refractivity contribution in [2.24, 2.45) is 0 Å². The van der Waals surface area contributed by atoms with Gasteiger partial charge in [-0.05, 0) is 36.9 Å². The van der Waals surface area contributed by atoms with Gasteiger partial charge in [0, 0.05) is 23.9 Å². The van der Waals surface area contributed by atoms with Gasteiger partial charge in [0.15, 0.2) is 0 Å². The fourth-order valence-corrected chi connectivity index (χ4v) is 2.90. The summed E-state index contributed by atoms with van der Waals surface area (Å²) >= 11 is 0. The molecule has 4 nitrogen and oxygen atoms in total. The van der Waals surface area contributed by atoms with Gasteiger partial charge in [0.05, 0.1) is 0 Å². The van der Waals surface area contributed by atoms with Crippen molar-refractivity contribution in [3.8, 4) is 0 Å². The van der Waals surface area contributed by atoms with E-state index in [1.54, 1.807) is 6.20 Å². The molecule has 0 spiro atoms. The Bertz CT molecular complexity index is 822. The van der Waals surface area contributed by atoms with Gasteiger partial charge in [0.2, 0.25) is 6.41 Å². The number of hydrogen-bond acceptors (Lipinski definition) is 3. The van der Waals surface area contributed by atoms with Crippen molar-refractivity contribution in [1.29, 1.82) is 0 Å². The molecule has 2 aromatic carbocycles. The van der Waals surface area contributed by atoms with Crippen LogP contribution >= 0.6 is 0 Å². The van der Waals surface area contributed by atoms with Crippen molar-refractivity contribution in [1.82, 2.24) is 10.2 Å².